The molecule has 1 unspecified atom stereocenters. The lowest BCUT2D eigenvalue weighted by Crippen LogP contribution is -2.26. The van der Waals surface area contributed by atoms with Gasteiger partial charge in [-0.1, -0.05) is 15.1 Å². The molecule has 108 valence electrons. The fourth-order valence-corrected chi connectivity index (χ4v) is 4.72. The highest BCUT2D eigenvalue weighted by Gasteiger charge is 2.34. The predicted octanol–water partition coefficient (Wildman–Crippen LogP) is 2.40. The lowest BCUT2D eigenvalue weighted by atomic mass is 9.91. The van der Waals surface area contributed by atoms with Crippen LogP contribution in [-0.4, -0.2) is 23.6 Å². The zero-order chi connectivity index (χ0) is 14.0. The summed E-state index contributed by atoms with van der Waals surface area (Å²) >= 11 is 0. The monoisotopic (exact) mass is 309 g/mol. The van der Waals surface area contributed by atoms with Crippen molar-refractivity contribution in [2.45, 2.75) is 43.6 Å². The first-order chi connectivity index (χ1) is 8.21. The van der Waals surface area contributed by atoms with E-state index >= 15 is 0 Å². The van der Waals surface area contributed by atoms with Gasteiger partial charge in [-0.25, -0.2) is 12.6 Å². The maximum absolute atomic E-state index is 12.2. The summed E-state index contributed by atoms with van der Waals surface area (Å²) in [6.07, 6.45) is 1.67. The van der Waals surface area contributed by atoms with Gasteiger partial charge in [0.1, 0.15) is 0 Å². The SMILES string of the molecule is CC1CCC(S(=O)(=O)N=S(=O)(OF)C(F)F)CC1. The third-order valence-corrected chi connectivity index (χ3v) is 6.51. The zero-order valence-electron chi connectivity index (χ0n) is 9.59. The van der Waals surface area contributed by atoms with Crippen LogP contribution < -0.4 is 0 Å². The van der Waals surface area contributed by atoms with Gasteiger partial charge in [-0.3, -0.25) is 0 Å². The normalized spacial score (nSPS) is 28.9. The van der Waals surface area contributed by atoms with E-state index in [0.717, 1.165) is 0 Å². The van der Waals surface area contributed by atoms with Crippen LogP contribution in [0.15, 0.2) is 3.77 Å². The molecule has 1 fully saturated rings. The topological polar surface area (TPSA) is 72.8 Å². The molecule has 1 aliphatic carbocycles. The van der Waals surface area contributed by atoms with E-state index in [4.69, 9.17) is 0 Å². The quantitative estimate of drug-likeness (QED) is 0.799. The lowest BCUT2D eigenvalue weighted by Gasteiger charge is -2.24. The minimum Gasteiger partial charge on any atom is -0.211 e. The molecule has 10 heteroatoms. The Hall–Kier alpha value is -0.350. The zero-order valence-corrected chi connectivity index (χ0v) is 11.2. The number of rotatable bonds is 4. The van der Waals surface area contributed by atoms with Crippen molar-refractivity contribution in [3.05, 3.63) is 0 Å². The molecular weight excluding hydrogens is 295 g/mol. The lowest BCUT2D eigenvalue weighted by molar-refractivity contribution is -0.000790. The highest BCUT2D eigenvalue weighted by molar-refractivity contribution is 8.01. The molecule has 0 spiro atoms. The summed E-state index contributed by atoms with van der Waals surface area (Å²) in [7, 11) is -9.54. The number of halogens is 3. The highest BCUT2D eigenvalue weighted by atomic mass is 32.3. The molecular formula is C8H14F3NO4S2. The molecule has 0 bridgehead atoms. The molecule has 0 aromatic rings. The van der Waals surface area contributed by atoms with Crippen LogP contribution in [0.1, 0.15) is 32.6 Å². The average molecular weight is 309 g/mol. The molecule has 5 nitrogen and oxygen atoms in total. The second kappa shape index (κ2) is 5.74. The molecule has 0 radical (unpaired) electrons. The number of sulfonamides is 1. The van der Waals surface area contributed by atoms with Crippen molar-refractivity contribution in [1.82, 2.24) is 0 Å². The van der Waals surface area contributed by atoms with Crippen LogP contribution in [-0.2, 0) is 24.4 Å². The van der Waals surface area contributed by atoms with Gasteiger partial charge in [0.2, 0.25) is 0 Å². The van der Waals surface area contributed by atoms with Crippen LogP contribution in [0, 0.1) is 5.92 Å². The molecule has 1 rings (SSSR count). The Labute approximate surface area is 104 Å². The van der Waals surface area contributed by atoms with Gasteiger partial charge < -0.3 is 0 Å². The van der Waals surface area contributed by atoms with Gasteiger partial charge >= 0.3 is 5.76 Å². The molecule has 0 aromatic carbocycles. The van der Waals surface area contributed by atoms with Crippen LogP contribution in [0.4, 0.5) is 13.3 Å². The van der Waals surface area contributed by atoms with Gasteiger partial charge in [0.05, 0.1) is 5.25 Å². The van der Waals surface area contributed by atoms with Crippen LogP contribution in [0.5, 0.6) is 0 Å². The van der Waals surface area contributed by atoms with E-state index in [1.165, 1.54) is 0 Å². The maximum Gasteiger partial charge on any atom is 0.346 e. The van der Waals surface area contributed by atoms with E-state index in [2.05, 4.69) is 8.16 Å². The third-order valence-electron chi connectivity index (χ3n) is 2.91. The van der Waals surface area contributed by atoms with Crippen molar-refractivity contribution in [3.63, 3.8) is 0 Å². The fourth-order valence-electron chi connectivity index (χ4n) is 1.80. The second-order valence-corrected chi connectivity index (χ2v) is 8.12. The van der Waals surface area contributed by atoms with E-state index in [1.54, 1.807) is 0 Å². The van der Waals surface area contributed by atoms with Gasteiger partial charge in [0.25, 0.3) is 20.0 Å². The van der Waals surface area contributed by atoms with Crippen LogP contribution in [0.25, 0.3) is 0 Å². The van der Waals surface area contributed by atoms with Crippen LogP contribution in [0.3, 0.4) is 0 Å². The van der Waals surface area contributed by atoms with E-state index in [-0.39, 0.29) is 12.8 Å². The molecule has 1 saturated carbocycles. The Morgan fingerprint density at radius 2 is 1.67 bits per heavy atom. The van der Waals surface area contributed by atoms with E-state index in [9.17, 15) is 25.9 Å². The summed E-state index contributed by atoms with van der Waals surface area (Å²) in [4.78, 5) is 0. The molecule has 18 heavy (non-hydrogen) atoms. The molecule has 0 N–H and O–H groups in total. The van der Waals surface area contributed by atoms with Gasteiger partial charge in [-0.2, -0.15) is 8.78 Å². The molecule has 0 aromatic heterocycles. The number of hydrogen-bond acceptors (Lipinski definition) is 4. The van der Waals surface area contributed by atoms with Crippen LogP contribution >= 0.6 is 0 Å². The van der Waals surface area contributed by atoms with Crippen molar-refractivity contribution in [1.29, 1.82) is 0 Å². The number of alkyl halides is 2. The van der Waals surface area contributed by atoms with Crippen molar-refractivity contribution in [2.24, 2.45) is 9.69 Å². The summed E-state index contributed by atoms with van der Waals surface area (Å²) in [6, 6.07) is 0. The highest BCUT2D eigenvalue weighted by Crippen LogP contribution is 2.30. The van der Waals surface area contributed by atoms with Gasteiger partial charge in [-0.05, 0) is 36.1 Å². The summed E-state index contributed by atoms with van der Waals surface area (Å²) in [5.41, 5.74) is 0. The Balaban J connectivity index is 3.01. The van der Waals surface area contributed by atoms with E-state index in [1.807, 2.05) is 6.92 Å². The predicted molar refractivity (Wildman–Crippen MR) is 59.1 cm³/mol. The van der Waals surface area contributed by atoms with Gasteiger partial charge in [-0.15, -0.1) is 0 Å². The number of hydrogen-bond donors (Lipinski definition) is 0. The Bertz CT molecular complexity index is 490. The van der Waals surface area contributed by atoms with Gasteiger partial charge in [0.15, 0.2) is 0 Å². The van der Waals surface area contributed by atoms with Crippen molar-refractivity contribution in [3.8, 4) is 0 Å². The van der Waals surface area contributed by atoms with E-state index in [0.29, 0.717) is 18.8 Å². The smallest absolute Gasteiger partial charge is 0.211 e. The first-order valence-electron chi connectivity index (χ1n) is 5.30. The summed E-state index contributed by atoms with van der Waals surface area (Å²) < 4.78 is 75.7. The van der Waals surface area contributed by atoms with Gasteiger partial charge in [0, 0.05) is 0 Å². The maximum atomic E-state index is 12.2. The third kappa shape index (κ3) is 3.58. The molecule has 0 saturated heterocycles. The Morgan fingerprint density at radius 3 is 2.06 bits per heavy atom. The Morgan fingerprint density at radius 1 is 1.17 bits per heavy atom. The summed E-state index contributed by atoms with van der Waals surface area (Å²) in [5, 5.41) is -0.997. The summed E-state index contributed by atoms with van der Waals surface area (Å²) in [5.74, 6) is -3.48. The largest absolute Gasteiger partial charge is 0.346 e. The fraction of sp³-hybridized carbons (Fsp3) is 1.00. The molecule has 0 amide bonds. The first kappa shape index (κ1) is 15.7. The molecule has 0 aliphatic heterocycles. The summed E-state index contributed by atoms with van der Waals surface area (Å²) in [6.45, 7) is 1.94. The number of nitrogens with zero attached hydrogens (tertiary/aromatic N) is 1. The second-order valence-electron chi connectivity index (χ2n) is 4.31. The molecule has 1 atom stereocenters. The minimum atomic E-state index is -5.13. The first-order valence-corrected chi connectivity index (χ1v) is 8.31. The Kier molecular flexibility index (Phi) is 5.01. The van der Waals surface area contributed by atoms with E-state index < -0.39 is 31.0 Å². The standard InChI is InChI=1S/C8H14F3NO4S2/c1-6-2-4-7(5-3-6)17(13,14)12-18(15,16-11)8(9)10/h6-8H,2-5H2,1H3. The average Bonchev–Trinajstić information content (AvgIpc) is 2.28. The van der Waals surface area contributed by atoms with Crippen molar-refractivity contribution in [2.75, 3.05) is 0 Å². The van der Waals surface area contributed by atoms with Crippen LogP contribution in [0.2, 0.25) is 0 Å². The minimum absolute atomic E-state index is 0.234. The van der Waals surface area contributed by atoms with Crippen molar-refractivity contribution < 1.29 is 30.3 Å². The van der Waals surface area contributed by atoms with Crippen molar-refractivity contribution >= 4 is 20.0 Å². The molecule has 1 aliphatic rings. The molecule has 0 heterocycles.